The monoisotopic (exact) mass is 303 g/mol. The minimum atomic E-state index is -0.325. The Kier molecular flexibility index (Phi) is 4.85. The Bertz CT molecular complexity index is 573. The van der Waals surface area contributed by atoms with Crippen LogP contribution in [0.1, 0.15) is 43.7 Å². The standard InChI is InChI=1S/C17H22FN3O/c18-14-9-5-4-8-13(14)15-10-16(21-20-15)17(22)19-11-12-6-2-1-3-7-12/h4-6,8-9,15-16,20-21H,1-3,7,10-11H2,(H,19,22). The number of carbonyl (C=O) groups excluding carboxylic acids is 1. The Balaban J connectivity index is 1.52. The molecular formula is C17H22FN3O. The molecule has 1 amide bonds. The van der Waals surface area contributed by atoms with Crippen LogP contribution >= 0.6 is 0 Å². The molecule has 4 nitrogen and oxygen atoms in total. The van der Waals surface area contributed by atoms with Crippen LogP contribution in [0.15, 0.2) is 35.9 Å². The zero-order valence-electron chi connectivity index (χ0n) is 12.6. The molecule has 118 valence electrons. The lowest BCUT2D eigenvalue weighted by atomic mass is 9.99. The van der Waals surface area contributed by atoms with Crippen molar-refractivity contribution < 1.29 is 9.18 Å². The van der Waals surface area contributed by atoms with Gasteiger partial charge in [-0.25, -0.2) is 15.2 Å². The summed E-state index contributed by atoms with van der Waals surface area (Å²) >= 11 is 0. The van der Waals surface area contributed by atoms with Crippen LogP contribution in [0.25, 0.3) is 0 Å². The molecule has 0 saturated carbocycles. The highest BCUT2D eigenvalue weighted by atomic mass is 19.1. The third-order valence-corrected chi connectivity index (χ3v) is 4.38. The molecule has 22 heavy (non-hydrogen) atoms. The van der Waals surface area contributed by atoms with E-state index in [2.05, 4.69) is 22.2 Å². The number of hydrazine groups is 1. The topological polar surface area (TPSA) is 53.2 Å². The van der Waals surface area contributed by atoms with E-state index < -0.39 is 0 Å². The summed E-state index contributed by atoms with van der Waals surface area (Å²) in [5.74, 6) is -0.270. The van der Waals surface area contributed by atoms with Crippen molar-refractivity contribution in [2.24, 2.45) is 0 Å². The maximum Gasteiger partial charge on any atom is 0.238 e. The van der Waals surface area contributed by atoms with Crippen molar-refractivity contribution in [2.75, 3.05) is 6.54 Å². The largest absolute Gasteiger partial charge is 0.351 e. The molecule has 2 atom stereocenters. The summed E-state index contributed by atoms with van der Waals surface area (Å²) in [7, 11) is 0. The first-order valence-corrected chi connectivity index (χ1v) is 7.95. The van der Waals surface area contributed by atoms with Crippen LogP contribution in [0.4, 0.5) is 4.39 Å². The molecule has 1 saturated heterocycles. The lowest BCUT2D eigenvalue weighted by molar-refractivity contribution is -0.122. The van der Waals surface area contributed by atoms with Crippen molar-refractivity contribution in [3.05, 3.63) is 47.3 Å². The van der Waals surface area contributed by atoms with Crippen molar-refractivity contribution >= 4 is 5.91 Å². The Morgan fingerprint density at radius 3 is 2.91 bits per heavy atom. The first-order valence-electron chi connectivity index (χ1n) is 7.95. The van der Waals surface area contributed by atoms with Crippen LogP contribution in [0.2, 0.25) is 0 Å². The molecular weight excluding hydrogens is 281 g/mol. The lowest BCUT2D eigenvalue weighted by Gasteiger charge is -2.15. The summed E-state index contributed by atoms with van der Waals surface area (Å²) in [5.41, 5.74) is 7.90. The number of nitrogens with one attached hydrogen (secondary N) is 3. The highest BCUT2D eigenvalue weighted by Gasteiger charge is 2.31. The van der Waals surface area contributed by atoms with Gasteiger partial charge in [-0.2, -0.15) is 0 Å². The van der Waals surface area contributed by atoms with Crippen LogP contribution in [0, 0.1) is 5.82 Å². The molecule has 1 aliphatic heterocycles. The van der Waals surface area contributed by atoms with Gasteiger partial charge in [-0.1, -0.05) is 29.8 Å². The van der Waals surface area contributed by atoms with Crippen LogP contribution in [-0.2, 0) is 4.79 Å². The van der Waals surface area contributed by atoms with E-state index >= 15 is 0 Å². The maximum atomic E-state index is 13.8. The fraction of sp³-hybridized carbons (Fsp3) is 0.471. The Labute approximate surface area is 130 Å². The minimum absolute atomic E-state index is 0.0298. The van der Waals surface area contributed by atoms with Gasteiger partial charge in [-0.05, 0) is 38.2 Å². The molecule has 3 N–H and O–H groups in total. The van der Waals surface area contributed by atoms with Gasteiger partial charge in [0.2, 0.25) is 5.91 Å². The van der Waals surface area contributed by atoms with Crippen LogP contribution < -0.4 is 16.2 Å². The van der Waals surface area contributed by atoms with E-state index in [0.29, 0.717) is 18.5 Å². The second kappa shape index (κ2) is 7.03. The zero-order valence-corrected chi connectivity index (χ0v) is 12.6. The first kappa shape index (κ1) is 15.2. The lowest BCUT2D eigenvalue weighted by Crippen LogP contribution is -2.43. The van der Waals surface area contributed by atoms with Crippen LogP contribution in [0.3, 0.4) is 0 Å². The number of amides is 1. The molecule has 0 aromatic heterocycles. The van der Waals surface area contributed by atoms with Gasteiger partial charge < -0.3 is 5.32 Å². The van der Waals surface area contributed by atoms with Crippen LogP contribution in [0.5, 0.6) is 0 Å². The van der Waals surface area contributed by atoms with E-state index in [0.717, 1.165) is 12.8 Å². The van der Waals surface area contributed by atoms with Gasteiger partial charge in [0.25, 0.3) is 0 Å². The minimum Gasteiger partial charge on any atom is -0.351 e. The number of allylic oxidation sites excluding steroid dienone is 1. The molecule has 2 aliphatic rings. The van der Waals surface area contributed by atoms with E-state index in [4.69, 9.17) is 0 Å². The summed E-state index contributed by atoms with van der Waals surface area (Å²) in [5, 5.41) is 2.98. The molecule has 1 heterocycles. The van der Waals surface area contributed by atoms with Crippen molar-refractivity contribution in [3.63, 3.8) is 0 Å². The number of hydrogen-bond acceptors (Lipinski definition) is 3. The fourth-order valence-electron chi connectivity index (χ4n) is 3.08. The molecule has 1 aliphatic carbocycles. The quantitative estimate of drug-likeness (QED) is 0.748. The van der Waals surface area contributed by atoms with Gasteiger partial charge in [0.1, 0.15) is 11.9 Å². The molecule has 3 rings (SSSR count). The summed E-state index contributed by atoms with van der Waals surface area (Å²) < 4.78 is 13.8. The van der Waals surface area contributed by atoms with Gasteiger partial charge >= 0.3 is 0 Å². The third-order valence-electron chi connectivity index (χ3n) is 4.38. The van der Waals surface area contributed by atoms with Crippen molar-refractivity contribution in [2.45, 2.75) is 44.2 Å². The highest BCUT2D eigenvalue weighted by Crippen LogP contribution is 2.24. The molecule has 1 aromatic rings. The molecule has 2 unspecified atom stereocenters. The number of hydrogen-bond donors (Lipinski definition) is 3. The van der Waals surface area contributed by atoms with E-state index in [1.165, 1.54) is 24.5 Å². The molecule has 0 spiro atoms. The summed E-state index contributed by atoms with van der Waals surface area (Å²) in [4.78, 5) is 12.2. The average Bonchev–Trinajstić information content (AvgIpc) is 3.04. The molecule has 1 aromatic carbocycles. The first-order chi connectivity index (χ1) is 10.7. The number of benzene rings is 1. The van der Waals surface area contributed by atoms with E-state index in [1.807, 2.05) is 6.07 Å². The summed E-state index contributed by atoms with van der Waals surface area (Å²) in [6, 6.07) is 6.17. The fourth-order valence-corrected chi connectivity index (χ4v) is 3.08. The molecule has 5 heteroatoms. The smallest absolute Gasteiger partial charge is 0.238 e. The van der Waals surface area contributed by atoms with Gasteiger partial charge in [0, 0.05) is 12.1 Å². The van der Waals surface area contributed by atoms with Crippen molar-refractivity contribution in [1.29, 1.82) is 0 Å². The van der Waals surface area contributed by atoms with Crippen molar-refractivity contribution in [3.8, 4) is 0 Å². The second-order valence-electron chi connectivity index (χ2n) is 5.98. The predicted molar refractivity (Wildman–Crippen MR) is 83.4 cm³/mol. The second-order valence-corrected chi connectivity index (χ2v) is 5.98. The Morgan fingerprint density at radius 1 is 1.27 bits per heavy atom. The number of rotatable bonds is 4. The summed E-state index contributed by atoms with van der Waals surface area (Å²) in [6.07, 6.45) is 7.42. The van der Waals surface area contributed by atoms with E-state index in [-0.39, 0.29) is 23.8 Å². The average molecular weight is 303 g/mol. The van der Waals surface area contributed by atoms with E-state index in [9.17, 15) is 9.18 Å². The SMILES string of the molecule is O=C(NCC1=CCCCC1)C1CC(c2ccccc2F)NN1. The van der Waals surface area contributed by atoms with Gasteiger partial charge in [-0.15, -0.1) is 0 Å². The molecule has 0 bridgehead atoms. The molecule has 1 fully saturated rings. The van der Waals surface area contributed by atoms with Gasteiger partial charge in [-0.3, -0.25) is 4.79 Å². The van der Waals surface area contributed by atoms with Crippen molar-refractivity contribution in [1.82, 2.24) is 16.2 Å². The van der Waals surface area contributed by atoms with Crippen LogP contribution in [-0.4, -0.2) is 18.5 Å². The Morgan fingerprint density at radius 2 is 2.14 bits per heavy atom. The normalized spacial score (nSPS) is 24.9. The predicted octanol–water partition coefficient (Wildman–Crippen LogP) is 2.35. The molecule has 0 radical (unpaired) electrons. The zero-order chi connectivity index (χ0) is 15.4. The number of carbonyl (C=O) groups is 1. The van der Waals surface area contributed by atoms with E-state index in [1.54, 1.807) is 12.1 Å². The number of halogens is 1. The summed E-state index contributed by atoms with van der Waals surface area (Å²) in [6.45, 7) is 0.626. The maximum absolute atomic E-state index is 13.8. The Hall–Kier alpha value is -1.72. The van der Waals surface area contributed by atoms with Gasteiger partial charge in [0.15, 0.2) is 0 Å². The van der Waals surface area contributed by atoms with Gasteiger partial charge in [0.05, 0.1) is 6.04 Å². The highest BCUT2D eigenvalue weighted by molar-refractivity contribution is 5.82. The third kappa shape index (κ3) is 3.54.